The molecule has 0 amide bonds. The van der Waals surface area contributed by atoms with Gasteiger partial charge in [-0.25, -0.2) is 4.98 Å². The van der Waals surface area contributed by atoms with Crippen LogP contribution < -0.4 is 0 Å². The number of aromatic amines is 1. The summed E-state index contributed by atoms with van der Waals surface area (Å²) >= 11 is 0. The molecule has 2 aromatic rings. The lowest BCUT2D eigenvalue weighted by Crippen LogP contribution is -1.89. The number of hydrogen-bond acceptors (Lipinski definition) is 3. The van der Waals surface area contributed by atoms with Crippen LogP contribution in [-0.2, 0) is 0 Å². The molecule has 0 aliphatic heterocycles. The monoisotopic (exact) mass is 191 g/mol. The van der Waals surface area contributed by atoms with Crippen LogP contribution in [0.2, 0.25) is 0 Å². The van der Waals surface area contributed by atoms with Crippen molar-refractivity contribution < 1.29 is 4.42 Å². The predicted molar refractivity (Wildman–Crippen MR) is 52.9 cm³/mol. The first kappa shape index (κ1) is 8.99. The number of aryl methyl sites for hydroxylation is 1. The summed E-state index contributed by atoms with van der Waals surface area (Å²) < 4.78 is 5.42. The smallest absolute Gasteiger partial charge is 0.216 e. The number of aromatic nitrogens is 3. The van der Waals surface area contributed by atoms with Gasteiger partial charge in [-0.2, -0.15) is 5.10 Å². The zero-order valence-electron chi connectivity index (χ0n) is 8.53. The van der Waals surface area contributed by atoms with Crippen LogP contribution >= 0.6 is 0 Å². The molecule has 0 saturated heterocycles. The van der Waals surface area contributed by atoms with Gasteiger partial charge in [0.1, 0.15) is 11.6 Å². The van der Waals surface area contributed by atoms with Crippen LogP contribution in [0, 0.1) is 6.92 Å². The summed E-state index contributed by atoms with van der Waals surface area (Å²) in [6.07, 6.45) is 0. The summed E-state index contributed by atoms with van der Waals surface area (Å²) in [5, 5.41) is 6.98. The number of nitrogens with one attached hydrogen (secondary N) is 1. The quantitative estimate of drug-likeness (QED) is 0.793. The molecule has 14 heavy (non-hydrogen) atoms. The highest BCUT2D eigenvalue weighted by Crippen LogP contribution is 2.19. The van der Waals surface area contributed by atoms with Crippen LogP contribution in [0.1, 0.15) is 31.4 Å². The molecule has 0 spiro atoms. The van der Waals surface area contributed by atoms with Gasteiger partial charge < -0.3 is 4.42 Å². The molecule has 0 radical (unpaired) electrons. The fraction of sp³-hybridized carbons (Fsp3) is 0.400. The van der Waals surface area contributed by atoms with E-state index < -0.39 is 0 Å². The molecule has 2 heterocycles. The van der Waals surface area contributed by atoms with Crippen molar-refractivity contribution in [3.05, 3.63) is 23.7 Å². The molecule has 0 aliphatic carbocycles. The standard InChI is InChI=1S/C10H13N3O/c1-6(2)9-11-10(13-12-9)8-5-4-7(3)14-8/h4-6H,1-3H3,(H,11,12,13). The molecule has 0 atom stereocenters. The van der Waals surface area contributed by atoms with Gasteiger partial charge in [0.25, 0.3) is 0 Å². The minimum absolute atomic E-state index is 0.354. The Balaban J connectivity index is 2.33. The van der Waals surface area contributed by atoms with Crippen molar-refractivity contribution in [3.63, 3.8) is 0 Å². The van der Waals surface area contributed by atoms with Gasteiger partial charge in [0.2, 0.25) is 5.82 Å². The molecular formula is C10H13N3O. The molecule has 0 saturated carbocycles. The summed E-state index contributed by atoms with van der Waals surface area (Å²) in [5.74, 6) is 3.45. The zero-order valence-corrected chi connectivity index (χ0v) is 8.53. The van der Waals surface area contributed by atoms with E-state index in [1.165, 1.54) is 0 Å². The summed E-state index contributed by atoms with van der Waals surface area (Å²) in [4.78, 5) is 4.33. The Morgan fingerprint density at radius 2 is 2.14 bits per heavy atom. The molecule has 0 aromatic carbocycles. The molecule has 0 bridgehead atoms. The van der Waals surface area contributed by atoms with E-state index in [9.17, 15) is 0 Å². The normalized spacial score (nSPS) is 11.1. The van der Waals surface area contributed by atoms with E-state index in [4.69, 9.17) is 4.42 Å². The Morgan fingerprint density at radius 1 is 1.36 bits per heavy atom. The maximum atomic E-state index is 5.42. The van der Waals surface area contributed by atoms with Gasteiger partial charge >= 0.3 is 0 Å². The second kappa shape index (κ2) is 3.29. The molecule has 0 aliphatic rings. The lowest BCUT2D eigenvalue weighted by Gasteiger charge is -1.94. The Hall–Kier alpha value is -1.58. The average molecular weight is 191 g/mol. The number of hydrogen-bond donors (Lipinski definition) is 1. The van der Waals surface area contributed by atoms with Crippen LogP contribution in [-0.4, -0.2) is 15.2 Å². The molecule has 2 rings (SSSR count). The highest BCUT2D eigenvalue weighted by atomic mass is 16.3. The van der Waals surface area contributed by atoms with Crippen molar-refractivity contribution in [1.82, 2.24) is 15.2 Å². The third-order valence-electron chi connectivity index (χ3n) is 2.01. The van der Waals surface area contributed by atoms with Crippen LogP contribution in [0.15, 0.2) is 16.5 Å². The van der Waals surface area contributed by atoms with Crippen LogP contribution in [0.4, 0.5) is 0 Å². The van der Waals surface area contributed by atoms with Gasteiger partial charge in [0, 0.05) is 5.92 Å². The fourth-order valence-electron chi connectivity index (χ4n) is 1.20. The lowest BCUT2D eigenvalue weighted by atomic mass is 10.2. The third kappa shape index (κ3) is 1.55. The van der Waals surface area contributed by atoms with E-state index in [-0.39, 0.29) is 0 Å². The Bertz CT molecular complexity index is 428. The van der Waals surface area contributed by atoms with Gasteiger partial charge in [0.05, 0.1) is 0 Å². The topological polar surface area (TPSA) is 54.7 Å². The number of nitrogens with zero attached hydrogens (tertiary/aromatic N) is 2. The second-order valence-electron chi connectivity index (χ2n) is 3.61. The largest absolute Gasteiger partial charge is 0.458 e. The third-order valence-corrected chi connectivity index (χ3v) is 2.01. The molecule has 4 heteroatoms. The Morgan fingerprint density at radius 3 is 2.64 bits per heavy atom. The van der Waals surface area contributed by atoms with Crippen molar-refractivity contribution in [1.29, 1.82) is 0 Å². The summed E-state index contributed by atoms with van der Waals surface area (Å²) in [6, 6.07) is 3.78. The van der Waals surface area contributed by atoms with Gasteiger partial charge in [-0.05, 0) is 19.1 Å². The average Bonchev–Trinajstić information content (AvgIpc) is 2.70. The summed E-state index contributed by atoms with van der Waals surface area (Å²) in [5.41, 5.74) is 0. The molecule has 0 unspecified atom stereocenters. The highest BCUT2D eigenvalue weighted by molar-refractivity contribution is 5.46. The maximum absolute atomic E-state index is 5.42. The van der Waals surface area contributed by atoms with Crippen molar-refractivity contribution >= 4 is 0 Å². The highest BCUT2D eigenvalue weighted by Gasteiger charge is 2.10. The van der Waals surface area contributed by atoms with E-state index in [2.05, 4.69) is 29.0 Å². The predicted octanol–water partition coefficient (Wildman–Crippen LogP) is 2.50. The van der Waals surface area contributed by atoms with Gasteiger partial charge in [-0.15, -0.1) is 0 Å². The minimum atomic E-state index is 0.354. The van der Waals surface area contributed by atoms with E-state index in [1.807, 2.05) is 19.1 Å². The Kier molecular flexibility index (Phi) is 2.11. The van der Waals surface area contributed by atoms with Crippen LogP contribution in [0.5, 0.6) is 0 Å². The molecule has 0 fully saturated rings. The summed E-state index contributed by atoms with van der Waals surface area (Å²) in [7, 11) is 0. The van der Waals surface area contributed by atoms with E-state index in [1.54, 1.807) is 0 Å². The van der Waals surface area contributed by atoms with Gasteiger partial charge in [-0.3, -0.25) is 5.10 Å². The minimum Gasteiger partial charge on any atom is -0.458 e. The molecule has 2 aromatic heterocycles. The van der Waals surface area contributed by atoms with Crippen LogP contribution in [0.3, 0.4) is 0 Å². The van der Waals surface area contributed by atoms with Crippen LogP contribution in [0.25, 0.3) is 11.6 Å². The molecule has 74 valence electrons. The fourth-order valence-corrected chi connectivity index (χ4v) is 1.20. The first-order valence-corrected chi connectivity index (χ1v) is 4.66. The second-order valence-corrected chi connectivity index (χ2v) is 3.61. The van der Waals surface area contributed by atoms with Gasteiger partial charge in [-0.1, -0.05) is 13.8 Å². The first-order valence-electron chi connectivity index (χ1n) is 4.66. The van der Waals surface area contributed by atoms with Crippen molar-refractivity contribution in [2.45, 2.75) is 26.7 Å². The van der Waals surface area contributed by atoms with E-state index >= 15 is 0 Å². The number of rotatable bonds is 2. The van der Waals surface area contributed by atoms with Crippen molar-refractivity contribution in [2.75, 3.05) is 0 Å². The lowest BCUT2D eigenvalue weighted by molar-refractivity contribution is 0.544. The van der Waals surface area contributed by atoms with E-state index in [0.29, 0.717) is 17.5 Å². The molecule has 4 nitrogen and oxygen atoms in total. The first-order chi connectivity index (χ1) is 6.66. The number of furan rings is 1. The SMILES string of the molecule is Cc1ccc(-c2n[nH]c(C(C)C)n2)o1. The summed E-state index contributed by atoms with van der Waals surface area (Å²) in [6.45, 7) is 6.04. The zero-order chi connectivity index (χ0) is 10.1. The molecular weight excluding hydrogens is 178 g/mol. The molecule has 1 N–H and O–H groups in total. The van der Waals surface area contributed by atoms with Gasteiger partial charge in [0.15, 0.2) is 5.76 Å². The Labute approximate surface area is 82.4 Å². The van der Waals surface area contributed by atoms with Crippen molar-refractivity contribution in [2.24, 2.45) is 0 Å². The van der Waals surface area contributed by atoms with Crippen molar-refractivity contribution in [3.8, 4) is 11.6 Å². The maximum Gasteiger partial charge on any atom is 0.216 e. The van der Waals surface area contributed by atoms with E-state index in [0.717, 1.165) is 11.6 Å². The number of H-pyrrole nitrogens is 1.